The molecule has 0 bridgehead atoms. The fraction of sp³-hybridized carbons (Fsp3) is 0.700. The first-order chi connectivity index (χ1) is 5.83. The van der Waals surface area contributed by atoms with Gasteiger partial charge in [0.25, 0.3) is 0 Å². The van der Waals surface area contributed by atoms with Crippen molar-refractivity contribution in [3.8, 4) is 0 Å². The van der Waals surface area contributed by atoms with Crippen molar-refractivity contribution in [2.75, 3.05) is 0 Å². The van der Waals surface area contributed by atoms with Crippen LogP contribution in [0.4, 0.5) is 0 Å². The van der Waals surface area contributed by atoms with Crippen LogP contribution in [-0.4, -0.2) is 10.9 Å². The summed E-state index contributed by atoms with van der Waals surface area (Å²) in [6.07, 6.45) is 10.8. The Bertz CT molecular complexity index is 178. The number of nitrogens with zero attached hydrogens (tertiary/aromatic N) is 1. The summed E-state index contributed by atoms with van der Waals surface area (Å²) in [5.74, 6) is 0.718. The Balaban J connectivity index is 2.33. The molecule has 0 spiro atoms. The van der Waals surface area contributed by atoms with E-state index >= 15 is 0 Å². The van der Waals surface area contributed by atoms with E-state index in [-0.39, 0.29) is 0 Å². The number of oxime groups is 1. The van der Waals surface area contributed by atoms with Crippen LogP contribution in [0.2, 0.25) is 0 Å². The predicted molar refractivity (Wildman–Crippen MR) is 50.6 cm³/mol. The molecule has 1 saturated carbocycles. The topological polar surface area (TPSA) is 32.6 Å². The molecule has 0 heterocycles. The fourth-order valence-corrected chi connectivity index (χ4v) is 1.64. The van der Waals surface area contributed by atoms with Crippen molar-refractivity contribution in [1.29, 1.82) is 0 Å². The van der Waals surface area contributed by atoms with Crippen LogP contribution in [0.5, 0.6) is 0 Å². The minimum Gasteiger partial charge on any atom is -0.411 e. The van der Waals surface area contributed by atoms with Gasteiger partial charge in [-0.25, -0.2) is 0 Å². The first kappa shape index (κ1) is 9.30. The molecule has 0 aromatic carbocycles. The van der Waals surface area contributed by atoms with Crippen molar-refractivity contribution in [3.05, 3.63) is 12.2 Å². The molecule has 0 saturated heterocycles. The molecule has 2 heteroatoms. The highest BCUT2D eigenvalue weighted by Crippen LogP contribution is 2.24. The largest absolute Gasteiger partial charge is 0.411 e. The maximum Gasteiger partial charge on any atom is 0.0761 e. The van der Waals surface area contributed by atoms with Gasteiger partial charge in [-0.2, -0.15) is 0 Å². The lowest BCUT2D eigenvalue weighted by molar-refractivity contribution is 0.319. The lowest BCUT2D eigenvalue weighted by Gasteiger charge is -2.17. The standard InChI is InChI=1S/C10H17NO/c1-9(11-12)7-8-10-5-3-2-4-6-10/h7-8,10,12H,2-6H2,1H3. The van der Waals surface area contributed by atoms with Crippen molar-refractivity contribution >= 4 is 5.71 Å². The summed E-state index contributed by atoms with van der Waals surface area (Å²) in [4.78, 5) is 0. The second-order valence-electron chi connectivity index (χ2n) is 3.50. The van der Waals surface area contributed by atoms with Crippen molar-refractivity contribution in [2.24, 2.45) is 11.1 Å². The molecule has 0 radical (unpaired) electrons. The maximum atomic E-state index is 8.40. The van der Waals surface area contributed by atoms with Crippen LogP contribution >= 0.6 is 0 Å². The van der Waals surface area contributed by atoms with Gasteiger partial charge in [0.1, 0.15) is 0 Å². The fourth-order valence-electron chi connectivity index (χ4n) is 1.64. The molecular weight excluding hydrogens is 150 g/mol. The third-order valence-electron chi connectivity index (χ3n) is 2.42. The van der Waals surface area contributed by atoms with Crippen molar-refractivity contribution < 1.29 is 5.21 Å². The molecule has 1 fully saturated rings. The Morgan fingerprint density at radius 2 is 2.00 bits per heavy atom. The van der Waals surface area contributed by atoms with Gasteiger partial charge in [0.05, 0.1) is 5.71 Å². The Labute approximate surface area is 74.0 Å². The van der Waals surface area contributed by atoms with Gasteiger partial charge in [-0.3, -0.25) is 0 Å². The van der Waals surface area contributed by atoms with Gasteiger partial charge in [0, 0.05) is 0 Å². The summed E-state index contributed by atoms with van der Waals surface area (Å²) in [5, 5.41) is 11.5. The summed E-state index contributed by atoms with van der Waals surface area (Å²) in [6.45, 7) is 1.80. The van der Waals surface area contributed by atoms with Gasteiger partial charge in [-0.15, -0.1) is 0 Å². The zero-order valence-corrected chi connectivity index (χ0v) is 7.66. The molecule has 1 aliphatic rings. The number of rotatable bonds is 2. The first-order valence-corrected chi connectivity index (χ1v) is 4.70. The average molecular weight is 167 g/mol. The lowest BCUT2D eigenvalue weighted by Crippen LogP contribution is -2.03. The zero-order valence-electron chi connectivity index (χ0n) is 7.66. The van der Waals surface area contributed by atoms with Crippen molar-refractivity contribution in [3.63, 3.8) is 0 Å². The number of hydrogen-bond donors (Lipinski definition) is 1. The molecule has 2 nitrogen and oxygen atoms in total. The Kier molecular flexibility index (Phi) is 3.85. The van der Waals surface area contributed by atoms with Crippen LogP contribution < -0.4 is 0 Å². The van der Waals surface area contributed by atoms with Crippen LogP contribution in [0.1, 0.15) is 39.0 Å². The van der Waals surface area contributed by atoms with E-state index in [0.717, 1.165) is 5.92 Å². The molecule has 1 aliphatic carbocycles. The van der Waals surface area contributed by atoms with E-state index in [1.54, 1.807) is 6.92 Å². The SMILES string of the molecule is CC(C=CC1CCCCC1)=NO. The van der Waals surface area contributed by atoms with Gasteiger partial charge in [-0.1, -0.05) is 30.5 Å². The highest BCUT2D eigenvalue weighted by molar-refractivity contribution is 5.92. The lowest BCUT2D eigenvalue weighted by atomic mass is 9.89. The summed E-state index contributed by atoms with van der Waals surface area (Å²) in [7, 11) is 0. The minimum atomic E-state index is 0.695. The van der Waals surface area contributed by atoms with Crippen LogP contribution in [0.25, 0.3) is 0 Å². The summed E-state index contributed by atoms with van der Waals surface area (Å²) < 4.78 is 0. The Morgan fingerprint density at radius 3 is 2.58 bits per heavy atom. The third-order valence-corrected chi connectivity index (χ3v) is 2.42. The molecule has 68 valence electrons. The van der Waals surface area contributed by atoms with E-state index in [1.807, 2.05) is 6.08 Å². The average Bonchev–Trinajstić information content (AvgIpc) is 2.16. The van der Waals surface area contributed by atoms with E-state index < -0.39 is 0 Å². The van der Waals surface area contributed by atoms with E-state index in [2.05, 4.69) is 11.2 Å². The molecule has 1 N–H and O–H groups in total. The highest BCUT2D eigenvalue weighted by Gasteiger charge is 2.09. The summed E-state index contributed by atoms with van der Waals surface area (Å²) in [6, 6.07) is 0. The van der Waals surface area contributed by atoms with Gasteiger partial charge >= 0.3 is 0 Å². The maximum absolute atomic E-state index is 8.40. The van der Waals surface area contributed by atoms with E-state index in [4.69, 9.17) is 5.21 Å². The normalized spacial score (nSPS) is 21.9. The van der Waals surface area contributed by atoms with Gasteiger partial charge in [0.2, 0.25) is 0 Å². The molecule has 0 aromatic heterocycles. The van der Waals surface area contributed by atoms with Crippen LogP contribution in [0.3, 0.4) is 0 Å². The van der Waals surface area contributed by atoms with Gasteiger partial charge in [-0.05, 0) is 31.8 Å². The number of hydrogen-bond acceptors (Lipinski definition) is 2. The molecule has 0 unspecified atom stereocenters. The van der Waals surface area contributed by atoms with Gasteiger partial charge in [0.15, 0.2) is 0 Å². The quantitative estimate of drug-likeness (QED) is 0.383. The molecule has 0 aliphatic heterocycles. The second kappa shape index (κ2) is 4.96. The first-order valence-electron chi connectivity index (χ1n) is 4.70. The zero-order chi connectivity index (χ0) is 8.81. The van der Waals surface area contributed by atoms with E-state index in [1.165, 1.54) is 32.1 Å². The van der Waals surface area contributed by atoms with E-state index in [0.29, 0.717) is 5.71 Å². The second-order valence-corrected chi connectivity index (χ2v) is 3.50. The Hall–Kier alpha value is -0.790. The predicted octanol–water partition coefficient (Wildman–Crippen LogP) is 2.97. The molecule has 0 atom stereocenters. The third kappa shape index (κ3) is 3.07. The minimum absolute atomic E-state index is 0.695. The molecule has 0 amide bonds. The molecular formula is C10H17NO. The number of allylic oxidation sites excluding steroid dienone is 2. The molecule has 0 aromatic rings. The summed E-state index contributed by atoms with van der Waals surface area (Å²) in [5.41, 5.74) is 0.695. The van der Waals surface area contributed by atoms with Gasteiger partial charge < -0.3 is 5.21 Å². The molecule has 1 rings (SSSR count). The summed E-state index contributed by atoms with van der Waals surface area (Å²) >= 11 is 0. The van der Waals surface area contributed by atoms with Crippen LogP contribution in [0.15, 0.2) is 17.3 Å². The van der Waals surface area contributed by atoms with Crippen LogP contribution in [0, 0.1) is 5.92 Å². The van der Waals surface area contributed by atoms with Crippen molar-refractivity contribution in [1.82, 2.24) is 0 Å². The molecule has 12 heavy (non-hydrogen) atoms. The van der Waals surface area contributed by atoms with Crippen molar-refractivity contribution in [2.45, 2.75) is 39.0 Å². The smallest absolute Gasteiger partial charge is 0.0761 e. The Morgan fingerprint density at radius 1 is 1.33 bits per heavy atom. The van der Waals surface area contributed by atoms with Crippen LogP contribution in [-0.2, 0) is 0 Å². The highest BCUT2D eigenvalue weighted by atomic mass is 16.4. The monoisotopic (exact) mass is 167 g/mol. The van der Waals surface area contributed by atoms with E-state index in [9.17, 15) is 0 Å².